The van der Waals surface area contributed by atoms with Crippen molar-refractivity contribution in [3.05, 3.63) is 46.2 Å². The van der Waals surface area contributed by atoms with Gasteiger partial charge in [-0.3, -0.25) is 0 Å². The lowest BCUT2D eigenvalue weighted by Gasteiger charge is -2.02. The van der Waals surface area contributed by atoms with Crippen LogP contribution in [0.2, 0.25) is 10.0 Å². The van der Waals surface area contributed by atoms with Crippen molar-refractivity contribution >= 4 is 35.0 Å². The Balaban J connectivity index is 2.05. The molecule has 2 aromatic rings. The van der Waals surface area contributed by atoms with E-state index >= 15 is 0 Å². The number of H-pyrrole nitrogens is 1. The molecule has 0 aliphatic carbocycles. The number of aromatic amines is 1. The molecule has 1 aromatic carbocycles. The third-order valence-electron chi connectivity index (χ3n) is 1.85. The smallest absolute Gasteiger partial charge is 0.165 e. The van der Waals surface area contributed by atoms with E-state index in [1.54, 1.807) is 30.2 Å². The Labute approximate surface area is 102 Å². The zero-order valence-electron chi connectivity index (χ0n) is 7.71. The first kappa shape index (κ1) is 10.9. The van der Waals surface area contributed by atoms with Gasteiger partial charge >= 0.3 is 0 Å². The van der Waals surface area contributed by atoms with Gasteiger partial charge in [0, 0.05) is 28.2 Å². The van der Waals surface area contributed by atoms with Gasteiger partial charge in [-0.1, -0.05) is 41.0 Å². The van der Waals surface area contributed by atoms with Gasteiger partial charge in [-0.05, 0) is 17.7 Å². The van der Waals surface area contributed by atoms with Crippen LogP contribution in [0.25, 0.3) is 0 Å². The number of benzene rings is 1. The molecule has 0 spiro atoms. The Morgan fingerprint density at radius 3 is 2.87 bits per heavy atom. The largest absolute Gasteiger partial charge is 0.340 e. The number of nitrogens with one attached hydrogen (secondary N) is 1. The maximum absolute atomic E-state index is 6.04. The third-order valence-corrected chi connectivity index (χ3v) is 3.39. The lowest BCUT2D eigenvalue weighted by molar-refractivity contribution is 1.06. The van der Waals surface area contributed by atoms with E-state index in [1.165, 1.54) is 0 Å². The fourth-order valence-electron chi connectivity index (χ4n) is 1.11. The molecule has 0 aliphatic heterocycles. The van der Waals surface area contributed by atoms with E-state index in [-0.39, 0.29) is 0 Å². The van der Waals surface area contributed by atoms with E-state index in [2.05, 4.69) is 9.97 Å². The molecule has 2 rings (SSSR count). The zero-order valence-corrected chi connectivity index (χ0v) is 10.0. The molecule has 2 nitrogen and oxygen atoms in total. The second-order valence-electron chi connectivity index (χ2n) is 2.92. The van der Waals surface area contributed by atoms with E-state index in [0.29, 0.717) is 10.0 Å². The van der Waals surface area contributed by atoms with Gasteiger partial charge in [0.2, 0.25) is 0 Å². The summed E-state index contributed by atoms with van der Waals surface area (Å²) in [5.74, 6) is 0.781. The number of hydrogen-bond donors (Lipinski definition) is 1. The van der Waals surface area contributed by atoms with Crippen LogP contribution in [0, 0.1) is 0 Å². The van der Waals surface area contributed by atoms with Crippen molar-refractivity contribution in [1.82, 2.24) is 9.97 Å². The minimum Gasteiger partial charge on any atom is -0.340 e. The number of rotatable bonds is 3. The summed E-state index contributed by atoms with van der Waals surface area (Å²) in [6.45, 7) is 0. The van der Waals surface area contributed by atoms with Crippen molar-refractivity contribution in [3.8, 4) is 0 Å². The highest BCUT2D eigenvalue weighted by Crippen LogP contribution is 2.26. The summed E-state index contributed by atoms with van der Waals surface area (Å²) in [5, 5.41) is 2.24. The quantitative estimate of drug-likeness (QED) is 0.843. The second kappa shape index (κ2) is 4.92. The van der Waals surface area contributed by atoms with E-state index in [1.807, 2.05) is 12.1 Å². The van der Waals surface area contributed by atoms with Crippen molar-refractivity contribution in [3.63, 3.8) is 0 Å². The van der Waals surface area contributed by atoms with Crippen LogP contribution < -0.4 is 0 Å². The van der Waals surface area contributed by atoms with E-state index in [0.717, 1.165) is 16.5 Å². The summed E-state index contributed by atoms with van der Waals surface area (Å²) in [4.78, 5) is 7.14. The van der Waals surface area contributed by atoms with Gasteiger partial charge in [-0.15, -0.1) is 0 Å². The molecule has 0 aliphatic rings. The molecule has 0 amide bonds. The number of aromatic nitrogens is 2. The van der Waals surface area contributed by atoms with Gasteiger partial charge in [-0.2, -0.15) is 0 Å². The maximum atomic E-state index is 6.04. The molecular formula is C10H8Cl2N2S. The topological polar surface area (TPSA) is 28.7 Å². The maximum Gasteiger partial charge on any atom is 0.165 e. The molecular weight excluding hydrogens is 251 g/mol. The highest BCUT2D eigenvalue weighted by molar-refractivity contribution is 7.98. The summed E-state index contributed by atoms with van der Waals surface area (Å²) in [6.07, 6.45) is 3.53. The predicted molar refractivity (Wildman–Crippen MR) is 64.6 cm³/mol. The van der Waals surface area contributed by atoms with Crippen LogP contribution in [0.4, 0.5) is 0 Å². The van der Waals surface area contributed by atoms with Crippen LogP contribution in [0.1, 0.15) is 5.56 Å². The number of nitrogens with zero attached hydrogens (tertiary/aromatic N) is 1. The Morgan fingerprint density at radius 1 is 1.33 bits per heavy atom. The summed E-state index contributed by atoms with van der Waals surface area (Å²) in [7, 11) is 0. The molecule has 0 saturated heterocycles. The predicted octanol–water partition coefficient (Wildman–Crippen LogP) is 4.01. The van der Waals surface area contributed by atoms with Crippen LogP contribution in [0.15, 0.2) is 35.7 Å². The standard InChI is InChI=1S/C10H8Cl2N2S/c11-8-2-1-7(9(12)5-8)6-15-10-13-3-4-14-10/h1-5H,6H2,(H,13,14). The van der Waals surface area contributed by atoms with Crippen LogP contribution in [-0.2, 0) is 5.75 Å². The van der Waals surface area contributed by atoms with Crippen LogP contribution in [0.3, 0.4) is 0 Å². The molecule has 0 radical (unpaired) electrons. The fraction of sp³-hybridized carbons (Fsp3) is 0.100. The zero-order chi connectivity index (χ0) is 10.7. The van der Waals surface area contributed by atoms with Gasteiger partial charge in [-0.25, -0.2) is 4.98 Å². The number of halogens is 2. The highest BCUT2D eigenvalue weighted by Gasteiger charge is 2.03. The minimum absolute atomic E-state index is 0.659. The first-order chi connectivity index (χ1) is 7.25. The van der Waals surface area contributed by atoms with Gasteiger partial charge in [0.25, 0.3) is 0 Å². The Morgan fingerprint density at radius 2 is 2.20 bits per heavy atom. The summed E-state index contributed by atoms with van der Waals surface area (Å²) >= 11 is 13.5. The van der Waals surface area contributed by atoms with Crippen molar-refractivity contribution in [2.75, 3.05) is 0 Å². The molecule has 0 fully saturated rings. The summed E-state index contributed by atoms with van der Waals surface area (Å²) < 4.78 is 0. The van der Waals surface area contributed by atoms with Crippen molar-refractivity contribution < 1.29 is 0 Å². The second-order valence-corrected chi connectivity index (χ2v) is 4.73. The third kappa shape index (κ3) is 2.91. The van der Waals surface area contributed by atoms with Crippen LogP contribution in [-0.4, -0.2) is 9.97 Å². The average molecular weight is 259 g/mol. The Hall–Kier alpha value is -0.640. The normalized spacial score (nSPS) is 10.5. The fourth-order valence-corrected chi connectivity index (χ4v) is 2.50. The molecule has 78 valence electrons. The molecule has 1 N–H and O–H groups in total. The number of hydrogen-bond acceptors (Lipinski definition) is 2. The number of imidazole rings is 1. The molecule has 15 heavy (non-hydrogen) atoms. The first-order valence-corrected chi connectivity index (χ1v) is 6.06. The van der Waals surface area contributed by atoms with E-state index < -0.39 is 0 Å². The lowest BCUT2D eigenvalue weighted by Crippen LogP contribution is -1.83. The van der Waals surface area contributed by atoms with E-state index in [4.69, 9.17) is 23.2 Å². The van der Waals surface area contributed by atoms with Gasteiger partial charge in [0.1, 0.15) is 0 Å². The molecule has 1 aromatic heterocycles. The van der Waals surface area contributed by atoms with Crippen molar-refractivity contribution in [1.29, 1.82) is 0 Å². The summed E-state index contributed by atoms with van der Waals surface area (Å²) in [5.41, 5.74) is 1.06. The SMILES string of the molecule is Clc1ccc(CSc2ncc[nH]2)c(Cl)c1. The Bertz CT molecular complexity index is 443. The van der Waals surface area contributed by atoms with E-state index in [9.17, 15) is 0 Å². The van der Waals surface area contributed by atoms with Crippen molar-refractivity contribution in [2.24, 2.45) is 0 Å². The molecule has 0 unspecified atom stereocenters. The van der Waals surface area contributed by atoms with Crippen LogP contribution in [0.5, 0.6) is 0 Å². The Kier molecular flexibility index (Phi) is 3.57. The summed E-state index contributed by atoms with van der Waals surface area (Å²) in [6, 6.07) is 5.52. The average Bonchev–Trinajstić information content (AvgIpc) is 2.69. The van der Waals surface area contributed by atoms with Gasteiger partial charge in [0.05, 0.1) is 0 Å². The molecule has 0 bridgehead atoms. The number of thioether (sulfide) groups is 1. The van der Waals surface area contributed by atoms with Gasteiger partial charge < -0.3 is 4.98 Å². The highest BCUT2D eigenvalue weighted by atomic mass is 35.5. The molecule has 0 saturated carbocycles. The monoisotopic (exact) mass is 258 g/mol. The molecule has 1 heterocycles. The molecule has 0 atom stereocenters. The minimum atomic E-state index is 0.659. The van der Waals surface area contributed by atoms with Crippen molar-refractivity contribution in [2.45, 2.75) is 10.9 Å². The lowest BCUT2D eigenvalue weighted by atomic mass is 10.2. The van der Waals surface area contributed by atoms with Gasteiger partial charge in [0.15, 0.2) is 5.16 Å². The molecule has 5 heteroatoms. The van der Waals surface area contributed by atoms with Crippen LogP contribution >= 0.6 is 35.0 Å². The first-order valence-electron chi connectivity index (χ1n) is 4.32.